The summed E-state index contributed by atoms with van der Waals surface area (Å²) in [7, 11) is 0. The third-order valence-corrected chi connectivity index (χ3v) is 4.31. The van der Waals surface area contributed by atoms with Crippen molar-refractivity contribution in [3.63, 3.8) is 0 Å². The Morgan fingerprint density at radius 3 is 2.57 bits per heavy atom. The fourth-order valence-corrected chi connectivity index (χ4v) is 3.35. The topological polar surface area (TPSA) is 110 Å². The number of anilines is 1. The first-order valence-corrected chi connectivity index (χ1v) is 7.14. The molecular weight excluding hydrogens is 272 g/mol. The number of nitrogens with two attached hydrogens (primary N) is 1. The highest BCUT2D eigenvalue weighted by atomic mass is 16.6. The zero-order chi connectivity index (χ0) is 15.0. The first-order chi connectivity index (χ1) is 10.0. The molecule has 0 spiro atoms. The van der Waals surface area contributed by atoms with Crippen LogP contribution < -0.4 is 16.4 Å². The third-order valence-electron chi connectivity index (χ3n) is 4.31. The monoisotopic (exact) mass is 290 g/mol. The SMILES string of the molecule is NC(=O)c1ccc(NC2CC3CCC(C2)N3)c([N+](=O)[O-])c1. The molecule has 1 amide bonds. The summed E-state index contributed by atoms with van der Waals surface area (Å²) < 4.78 is 0. The van der Waals surface area contributed by atoms with E-state index in [0.29, 0.717) is 17.8 Å². The van der Waals surface area contributed by atoms with Crippen LogP contribution in [0.4, 0.5) is 11.4 Å². The fraction of sp³-hybridized carbons (Fsp3) is 0.500. The molecule has 2 aliphatic rings. The van der Waals surface area contributed by atoms with Crippen LogP contribution >= 0.6 is 0 Å². The van der Waals surface area contributed by atoms with Gasteiger partial charge in [-0.05, 0) is 37.8 Å². The van der Waals surface area contributed by atoms with Gasteiger partial charge in [-0.25, -0.2) is 0 Å². The van der Waals surface area contributed by atoms with Crippen LogP contribution in [0.1, 0.15) is 36.0 Å². The molecule has 21 heavy (non-hydrogen) atoms. The van der Waals surface area contributed by atoms with Gasteiger partial charge in [0.05, 0.1) is 4.92 Å². The maximum Gasteiger partial charge on any atom is 0.293 e. The predicted octanol–water partition coefficient (Wildman–Crippen LogP) is 1.39. The van der Waals surface area contributed by atoms with E-state index in [2.05, 4.69) is 10.6 Å². The van der Waals surface area contributed by atoms with Crippen molar-refractivity contribution in [3.8, 4) is 0 Å². The summed E-state index contributed by atoms with van der Waals surface area (Å²) in [5.41, 5.74) is 5.68. The highest BCUT2D eigenvalue weighted by Gasteiger charge is 2.34. The van der Waals surface area contributed by atoms with Gasteiger partial charge in [0.1, 0.15) is 5.69 Å². The lowest BCUT2D eigenvalue weighted by Gasteiger charge is -2.30. The van der Waals surface area contributed by atoms with E-state index < -0.39 is 10.8 Å². The van der Waals surface area contributed by atoms with E-state index in [4.69, 9.17) is 5.73 Å². The predicted molar refractivity (Wildman–Crippen MR) is 78.2 cm³/mol. The lowest BCUT2D eigenvalue weighted by Crippen LogP contribution is -2.43. The smallest absolute Gasteiger partial charge is 0.293 e. The molecule has 2 saturated heterocycles. The minimum atomic E-state index is -0.662. The van der Waals surface area contributed by atoms with Gasteiger partial charge in [-0.15, -0.1) is 0 Å². The number of hydrogen-bond donors (Lipinski definition) is 3. The summed E-state index contributed by atoms with van der Waals surface area (Å²) in [5.74, 6) is -0.662. The summed E-state index contributed by atoms with van der Waals surface area (Å²) in [4.78, 5) is 21.8. The molecule has 0 aliphatic carbocycles. The van der Waals surface area contributed by atoms with Gasteiger partial charge in [-0.2, -0.15) is 0 Å². The first-order valence-electron chi connectivity index (χ1n) is 7.14. The number of fused-ring (bicyclic) bond motifs is 2. The Hall–Kier alpha value is -2.15. The summed E-state index contributed by atoms with van der Waals surface area (Å²) in [6, 6.07) is 5.56. The van der Waals surface area contributed by atoms with Crippen LogP contribution in [0, 0.1) is 10.1 Å². The van der Waals surface area contributed by atoms with Crippen LogP contribution in [0.5, 0.6) is 0 Å². The summed E-state index contributed by atoms with van der Waals surface area (Å²) in [5, 5.41) is 18.0. The number of nitrogens with one attached hydrogen (secondary N) is 2. The second-order valence-corrected chi connectivity index (χ2v) is 5.80. The molecule has 2 aliphatic heterocycles. The average Bonchev–Trinajstić information content (AvgIpc) is 2.78. The number of piperidine rings is 1. The van der Waals surface area contributed by atoms with Crippen LogP contribution in [0.25, 0.3) is 0 Å². The molecule has 0 saturated carbocycles. The lowest BCUT2D eigenvalue weighted by atomic mass is 9.99. The highest BCUT2D eigenvalue weighted by Crippen LogP contribution is 2.32. The normalized spacial score (nSPS) is 27.3. The van der Waals surface area contributed by atoms with E-state index in [0.717, 1.165) is 12.8 Å². The molecular formula is C14H18N4O3. The number of nitro groups is 1. The molecule has 1 aromatic rings. The van der Waals surface area contributed by atoms with Gasteiger partial charge in [0, 0.05) is 29.8 Å². The Bertz CT molecular complexity index is 578. The number of rotatable bonds is 4. The van der Waals surface area contributed by atoms with Crippen molar-refractivity contribution in [2.45, 2.75) is 43.8 Å². The minimum Gasteiger partial charge on any atom is -0.377 e. The van der Waals surface area contributed by atoms with Crippen LogP contribution in [-0.2, 0) is 0 Å². The first kappa shape index (κ1) is 13.8. The van der Waals surface area contributed by atoms with Crippen molar-refractivity contribution in [1.82, 2.24) is 5.32 Å². The molecule has 2 heterocycles. The van der Waals surface area contributed by atoms with Crippen molar-refractivity contribution in [2.75, 3.05) is 5.32 Å². The molecule has 112 valence electrons. The minimum absolute atomic E-state index is 0.0998. The van der Waals surface area contributed by atoms with Crippen molar-refractivity contribution < 1.29 is 9.72 Å². The number of hydrogen-bond acceptors (Lipinski definition) is 5. The van der Waals surface area contributed by atoms with Crippen molar-refractivity contribution in [3.05, 3.63) is 33.9 Å². The maximum atomic E-state index is 11.2. The Balaban J connectivity index is 1.81. The van der Waals surface area contributed by atoms with Crippen molar-refractivity contribution in [1.29, 1.82) is 0 Å². The van der Waals surface area contributed by atoms with Gasteiger partial charge in [0.2, 0.25) is 5.91 Å². The molecule has 1 aromatic carbocycles. The largest absolute Gasteiger partial charge is 0.377 e. The number of benzene rings is 1. The van der Waals surface area contributed by atoms with Crippen LogP contribution in [0.15, 0.2) is 18.2 Å². The number of nitro benzene ring substituents is 1. The molecule has 0 aromatic heterocycles. The molecule has 7 heteroatoms. The van der Waals surface area contributed by atoms with E-state index in [1.165, 1.54) is 25.0 Å². The van der Waals surface area contributed by atoms with Crippen LogP contribution in [-0.4, -0.2) is 29.0 Å². The number of primary amides is 1. The molecule has 0 radical (unpaired) electrons. The van der Waals surface area contributed by atoms with E-state index in [1.54, 1.807) is 6.07 Å². The lowest BCUT2D eigenvalue weighted by molar-refractivity contribution is -0.384. The Morgan fingerprint density at radius 1 is 1.33 bits per heavy atom. The standard InChI is InChI=1S/C14H18N4O3/c15-14(19)8-1-4-12(13(5-8)18(20)21)17-11-6-9-2-3-10(7-11)16-9/h1,4-5,9-11,16-17H,2-3,6-7H2,(H2,15,19). The highest BCUT2D eigenvalue weighted by molar-refractivity contribution is 5.94. The Labute approximate surface area is 122 Å². The maximum absolute atomic E-state index is 11.2. The summed E-state index contributed by atoms with van der Waals surface area (Å²) in [6.45, 7) is 0. The number of carbonyl (C=O) groups is 1. The van der Waals surface area contributed by atoms with Crippen LogP contribution in [0.3, 0.4) is 0 Å². The second-order valence-electron chi connectivity index (χ2n) is 5.80. The fourth-order valence-electron chi connectivity index (χ4n) is 3.35. The molecule has 4 N–H and O–H groups in total. The summed E-state index contributed by atoms with van der Waals surface area (Å²) >= 11 is 0. The van der Waals surface area contributed by atoms with Gasteiger partial charge >= 0.3 is 0 Å². The van der Waals surface area contributed by atoms with E-state index in [1.807, 2.05) is 0 Å². The quantitative estimate of drug-likeness (QED) is 0.573. The van der Waals surface area contributed by atoms with E-state index >= 15 is 0 Å². The Kier molecular flexibility index (Phi) is 3.50. The second kappa shape index (κ2) is 5.33. The van der Waals surface area contributed by atoms with E-state index in [-0.39, 0.29) is 17.3 Å². The zero-order valence-corrected chi connectivity index (χ0v) is 11.5. The molecule has 7 nitrogen and oxygen atoms in total. The zero-order valence-electron chi connectivity index (χ0n) is 11.5. The third kappa shape index (κ3) is 2.82. The Morgan fingerprint density at radius 2 is 2.00 bits per heavy atom. The van der Waals surface area contributed by atoms with Gasteiger partial charge in [0.25, 0.3) is 5.69 Å². The van der Waals surface area contributed by atoms with Gasteiger partial charge in [-0.3, -0.25) is 14.9 Å². The van der Waals surface area contributed by atoms with Gasteiger partial charge in [-0.1, -0.05) is 0 Å². The van der Waals surface area contributed by atoms with E-state index in [9.17, 15) is 14.9 Å². The average molecular weight is 290 g/mol. The molecule has 2 atom stereocenters. The van der Waals surface area contributed by atoms with Crippen molar-refractivity contribution in [2.24, 2.45) is 5.73 Å². The number of carbonyl (C=O) groups excluding carboxylic acids is 1. The van der Waals surface area contributed by atoms with Gasteiger partial charge < -0.3 is 16.4 Å². The summed E-state index contributed by atoms with van der Waals surface area (Å²) in [6.07, 6.45) is 4.27. The molecule has 2 unspecified atom stereocenters. The molecule has 2 fully saturated rings. The van der Waals surface area contributed by atoms with Gasteiger partial charge in [0.15, 0.2) is 0 Å². The van der Waals surface area contributed by atoms with Crippen LogP contribution in [0.2, 0.25) is 0 Å². The number of amides is 1. The number of nitrogens with zero attached hydrogens (tertiary/aromatic N) is 1. The molecule has 3 rings (SSSR count). The van der Waals surface area contributed by atoms with Crippen molar-refractivity contribution >= 4 is 17.3 Å². The molecule has 2 bridgehead atoms.